The molecule has 2 heteroatoms. The van der Waals surface area contributed by atoms with Crippen LogP contribution in [-0.2, 0) is 0 Å². The first kappa shape index (κ1) is 7.56. The predicted octanol–water partition coefficient (Wildman–Crippen LogP) is 0.834. The molecule has 2 aliphatic rings. The van der Waals surface area contributed by atoms with Crippen molar-refractivity contribution < 1.29 is 0 Å². The van der Waals surface area contributed by atoms with Gasteiger partial charge < -0.3 is 10.2 Å². The van der Waals surface area contributed by atoms with E-state index in [0.29, 0.717) is 5.54 Å². The van der Waals surface area contributed by atoms with Gasteiger partial charge in [-0.15, -0.1) is 0 Å². The van der Waals surface area contributed by atoms with Gasteiger partial charge in [0.15, 0.2) is 0 Å². The minimum atomic E-state index is 0.602. The molecule has 0 amide bonds. The van der Waals surface area contributed by atoms with Crippen molar-refractivity contribution in [2.75, 3.05) is 26.7 Å². The van der Waals surface area contributed by atoms with Crippen molar-refractivity contribution in [3.05, 3.63) is 0 Å². The van der Waals surface area contributed by atoms with Crippen LogP contribution in [0.2, 0.25) is 0 Å². The molecular weight excluding hydrogens is 136 g/mol. The van der Waals surface area contributed by atoms with Gasteiger partial charge in [0.2, 0.25) is 0 Å². The van der Waals surface area contributed by atoms with E-state index in [0.717, 1.165) is 0 Å². The second-order valence-corrected chi connectivity index (χ2v) is 4.00. The Hall–Kier alpha value is -0.0800. The lowest BCUT2D eigenvalue weighted by molar-refractivity contribution is 0.128. The average molecular weight is 154 g/mol. The number of piperidine rings is 1. The summed E-state index contributed by atoms with van der Waals surface area (Å²) in [6.45, 7) is 3.77. The fraction of sp³-hybridized carbons (Fsp3) is 1.00. The summed E-state index contributed by atoms with van der Waals surface area (Å²) in [6, 6.07) is 0. The molecule has 11 heavy (non-hydrogen) atoms. The molecule has 0 aromatic carbocycles. The Bertz CT molecular complexity index is 138. The molecule has 2 saturated heterocycles. The van der Waals surface area contributed by atoms with Crippen LogP contribution in [0.1, 0.15) is 25.7 Å². The quantitative estimate of drug-likeness (QED) is 0.556. The summed E-state index contributed by atoms with van der Waals surface area (Å²) in [6.07, 6.45) is 5.58. The average Bonchev–Trinajstić information content (AvgIpc) is 2.36. The molecule has 0 atom stereocenters. The van der Waals surface area contributed by atoms with Crippen molar-refractivity contribution in [3.8, 4) is 0 Å². The molecule has 0 aromatic heterocycles. The van der Waals surface area contributed by atoms with Gasteiger partial charge in [-0.1, -0.05) is 0 Å². The van der Waals surface area contributed by atoms with E-state index in [1.165, 1.54) is 45.3 Å². The van der Waals surface area contributed by atoms with Crippen LogP contribution in [0.15, 0.2) is 0 Å². The van der Waals surface area contributed by atoms with Gasteiger partial charge in [-0.25, -0.2) is 0 Å². The molecule has 0 bridgehead atoms. The van der Waals surface area contributed by atoms with Crippen LogP contribution in [0.4, 0.5) is 0 Å². The van der Waals surface area contributed by atoms with Crippen molar-refractivity contribution in [2.24, 2.45) is 0 Å². The molecule has 0 unspecified atom stereocenters. The van der Waals surface area contributed by atoms with Gasteiger partial charge in [-0.05, 0) is 52.4 Å². The van der Waals surface area contributed by atoms with E-state index in [9.17, 15) is 0 Å². The van der Waals surface area contributed by atoms with E-state index in [1.807, 2.05) is 0 Å². The van der Waals surface area contributed by atoms with Crippen molar-refractivity contribution >= 4 is 0 Å². The summed E-state index contributed by atoms with van der Waals surface area (Å²) in [5.74, 6) is 0. The Balaban J connectivity index is 2.06. The first-order valence-corrected chi connectivity index (χ1v) is 4.75. The molecule has 2 nitrogen and oxygen atoms in total. The molecule has 0 aliphatic carbocycles. The van der Waals surface area contributed by atoms with Crippen LogP contribution >= 0.6 is 0 Å². The zero-order chi connectivity index (χ0) is 7.73. The summed E-state index contributed by atoms with van der Waals surface area (Å²) in [7, 11) is 2.29. The minimum Gasteiger partial charge on any atom is -0.317 e. The highest BCUT2D eigenvalue weighted by molar-refractivity contribution is 4.97. The van der Waals surface area contributed by atoms with Gasteiger partial charge >= 0.3 is 0 Å². The Kier molecular flexibility index (Phi) is 1.90. The van der Waals surface area contributed by atoms with E-state index >= 15 is 0 Å². The maximum atomic E-state index is 3.43. The van der Waals surface area contributed by atoms with Crippen LogP contribution in [0.3, 0.4) is 0 Å². The molecule has 64 valence electrons. The molecule has 1 N–H and O–H groups in total. The second-order valence-electron chi connectivity index (χ2n) is 4.00. The first-order chi connectivity index (χ1) is 5.33. The van der Waals surface area contributed by atoms with E-state index in [-0.39, 0.29) is 0 Å². The third-order valence-electron chi connectivity index (χ3n) is 3.48. The number of rotatable bonds is 0. The monoisotopic (exact) mass is 154 g/mol. The maximum absolute atomic E-state index is 3.43. The Morgan fingerprint density at radius 3 is 2.45 bits per heavy atom. The number of hydrogen-bond acceptors (Lipinski definition) is 2. The van der Waals surface area contributed by atoms with Gasteiger partial charge in [-0.3, -0.25) is 0 Å². The van der Waals surface area contributed by atoms with E-state index in [2.05, 4.69) is 17.3 Å². The summed E-state index contributed by atoms with van der Waals surface area (Å²) in [5, 5.41) is 3.43. The molecule has 2 heterocycles. The molecule has 0 saturated carbocycles. The fourth-order valence-corrected chi connectivity index (χ4v) is 2.60. The Labute approximate surface area is 69.0 Å². The molecule has 2 rings (SSSR count). The molecule has 2 fully saturated rings. The van der Waals surface area contributed by atoms with Gasteiger partial charge in [0, 0.05) is 5.54 Å². The Morgan fingerprint density at radius 2 is 1.91 bits per heavy atom. The topological polar surface area (TPSA) is 15.3 Å². The van der Waals surface area contributed by atoms with E-state index < -0.39 is 0 Å². The minimum absolute atomic E-state index is 0.602. The van der Waals surface area contributed by atoms with Crippen molar-refractivity contribution in [2.45, 2.75) is 31.2 Å². The lowest BCUT2D eigenvalue weighted by Crippen LogP contribution is -2.49. The number of hydrogen-bond donors (Lipinski definition) is 1. The standard InChI is InChI=1S/C9H18N2/c1-11-8-2-3-9(11)4-6-10-7-5-9/h10H,2-8H2,1H3. The van der Waals surface area contributed by atoms with Crippen molar-refractivity contribution in [1.29, 1.82) is 0 Å². The van der Waals surface area contributed by atoms with Crippen LogP contribution in [0.5, 0.6) is 0 Å². The summed E-state index contributed by atoms with van der Waals surface area (Å²) in [4.78, 5) is 2.58. The van der Waals surface area contributed by atoms with Crippen LogP contribution < -0.4 is 5.32 Å². The van der Waals surface area contributed by atoms with Gasteiger partial charge in [-0.2, -0.15) is 0 Å². The van der Waals surface area contributed by atoms with E-state index in [4.69, 9.17) is 0 Å². The SMILES string of the molecule is CN1CCCC12CCNCC2. The van der Waals surface area contributed by atoms with Gasteiger partial charge in [0.25, 0.3) is 0 Å². The summed E-state index contributed by atoms with van der Waals surface area (Å²) >= 11 is 0. The summed E-state index contributed by atoms with van der Waals surface area (Å²) < 4.78 is 0. The first-order valence-electron chi connectivity index (χ1n) is 4.75. The fourth-order valence-electron chi connectivity index (χ4n) is 2.60. The Morgan fingerprint density at radius 1 is 1.18 bits per heavy atom. The van der Waals surface area contributed by atoms with Gasteiger partial charge in [0.05, 0.1) is 0 Å². The maximum Gasteiger partial charge on any atom is 0.0231 e. The van der Waals surface area contributed by atoms with E-state index in [1.54, 1.807) is 0 Å². The largest absolute Gasteiger partial charge is 0.317 e. The third kappa shape index (κ3) is 1.18. The van der Waals surface area contributed by atoms with Crippen molar-refractivity contribution in [1.82, 2.24) is 10.2 Å². The molecule has 0 radical (unpaired) electrons. The normalized spacial score (nSPS) is 31.4. The zero-order valence-corrected chi connectivity index (χ0v) is 7.40. The lowest BCUT2D eigenvalue weighted by Gasteiger charge is -2.39. The van der Waals surface area contributed by atoms with Crippen LogP contribution in [0.25, 0.3) is 0 Å². The number of likely N-dealkylation sites (tertiary alicyclic amines) is 1. The predicted molar refractivity (Wildman–Crippen MR) is 46.7 cm³/mol. The number of nitrogens with one attached hydrogen (secondary N) is 1. The molecule has 1 spiro atoms. The highest BCUT2D eigenvalue weighted by Crippen LogP contribution is 2.34. The highest BCUT2D eigenvalue weighted by atomic mass is 15.2. The molecule has 0 aromatic rings. The van der Waals surface area contributed by atoms with Gasteiger partial charge in [0.1, 0.15) is 0 Å². The number of nitrogens with zero attached hydrogens (tertiary/aromatic N) is 1. The van der Waals surface area contributed by atoms with Crippen molar-refractivity contribution in [3.63, 3.8) is 0 Å². The smallest absolute Gasteiger partial charge is 0.0231 e. The summed E-state index contributed by atoms with van der Waals surface area (Å²) in [5.41, 5.74) is 0.602. The molecule has 2 aliphatic heterocycles. The third-order valence-corrected chi connectivity index (χ3v) is 3.48. The van der Waals surface area contributed by atoms with Crippen LogP contribution in [-0.4, -0.2) is 37.1 Å². The lowest BCUT2D eigenvalue weighted by atomic mass is 9.86. The highest BCUT2D eigenvalue weighted by Gasteiger charge is 2.38. The zero-order valence-electron chi connectivity index (χ0n) is 7.40. The second kappa shape index (κ2) is 2.76. The van der Waals surface area contributed by atoms with Crippen LogP contribution in [0, 0.1) is 0 Å². The molecular formula is C9H18N2.